The average Bonchev–Trinajstić information content (AvgIpc) is 2.46. The largest absolute Gasteiger partial charge is 0.483 e. The van der Waals surface area contributed by atoms with Crippen molar-refractivity contribution in [2.45, 2.75) is 64.0 Å². The molecule has 0 saturated heterocycles. The number of nitrogens with zero attached hydrogens (tertiary/aromatic N) is 1. The van der Waals surface area contributed by atoms with Gasteiger partial charge in [-0.3, -0.25) is 10.1 Å². The zero-order valence-electron chi connectivity index (χ0n) is 12.1. The Morgan fingerprint density at radius 1 is 1.25 bits per heavy atom. The van der Waals surface area contributed by atoms with E-state index in [0.717, 1.165) is 30.6 Å². The highest BCUT2D eigenvalue weighted by molar-refractivity contribution is 5.36. The Kier molecular flexibility index (Phi) is 5.39. The van der Waals surface area contributed by atoms with E-state index in [1.165, 1.54) is 19.3 Å². The maximum Gasteiger partial charge on any atom is 0.253 e. The van der Waals surface area contributed by atoms with Crippen LogP contribution in [-0.2, 0) is 6.42 Å². The van der Waals surface area contributed by atoms with Gasteiger partial charge in [0, 0.05) is 16.9 Å². The fourth-order valence-electron chi connectivity index (χ4n) is 2.80. The van der Waals surface area contributed by atoms with E-state index >= 15 is 0 Å². The van der Waals surface area contributed by atoms with Crippen molar-refractivity contribution in [1.29, 1.82) is 0 Å². The maximum absolute atomic E-state index is 11.2. The van der Waals surface area contributed by atoms with E-state index in [4.69, 9.17) is 4.74 Å². The minimum atomic E-state index is -0.601. The Hall–Kier alpha value is -1.58. The molecule has 1 heterocycles. The quantitative estimate of drug-likeness (QED) is 0.430. The summed E-state index contributed by atoms with van der Waals surface area (Å²) in [5, 5.41) is 11.2. The molecule has 4 nitrogen and oxygen atoms in total. The molecule has 0 bridgehead atoms. The van der Waals surface area contributed by atoms with Crippen LogP contribution in [0.15, 0.2) is 24.3 Å². The van der Waals surface area contributed by atoms with Crippen LogP contribution in [0.25, 0.3) is 0 Å². The number of ether oxygens (including phenoxy) is 1. The van der Waals surface area contributed by atoms with Gasteiger partial charge in [-0.1, -0.05) is 50.8 Å². The lowest BCUT2D eigenvalue weighted by Crippen LogP contribution is -2.42. The number of nitro groups is 1. The highest BCUT2D eigenvalue weighted by Crippen LogP contribution is 2.30. The molecule has 1 aliphatic heterocycles. The van der Waals surface area contributed by atoms with Crippen LogP contribution in [0.5, 0.6) is 5.75 Å². The van der Waals surface area contributed by atoms with E-state index in [0.29, 0.717) is 6.42 Å². The first-order valence-corrected chi connectivity index (χ1v) is 7.60. The lowest BCUT2D eigenvalue weighted by atomic mass is 9.94. The van der Waals surface area contributed by atoms with Crippen molar-refractivity contribution in [1.82, 2.24) is 0 Å². The minimum Gasteiger partial charge on any atom is -0.483 e. The topological polar surface area (TPSA) is 52.4 Å². The molecule has 0 spiro atoms. The van der Waals surface area contributed by atoms with Gasteiger partial charge >= 0.3 is 0 Å². The zero-order chi connectivity index (χ0) is 14.4. The van der Waals surface area contributed by atoms with Crippen LogP contribution in [0.3, 0.4) is 0 Å². The van der Waals surface area contributed by atoms with E-state index in [-0.39, 0.29) is 11.0 Å². The van der Waals surface area contributed by atoms with Gasteiger partial charge in [-0.25, -0.2) is 0 Å². The number of para-hydroxylation sites is 1. The lowest BCUT2D eigenvalue weighted by Gasteiger charge is -2.28. The third-order valence-electron chi connectivity index (χ3n) is 3.97. The number of fused-ring (bicyclic) bond motifs is 1. The third kappa shape index (κ3) is 3.71. The molecule has 110 valence electrons. The van der Waals surface area contributed by atoms with E-state index in [1.54, 1.807) is 0 Å². The molecule has 0 radical (unpaired) electrons. The zero-order valence-corrected chi connectivity index (χ0v) is 12.1. The van der Waals surface area contributed by atoms with Gasteiger partial charge in [-0.2, -0.15) is 0 Å². The fraction of sp³-hybridized carbons (Fsp3) is 0.625. The minimum absolute atomic E-state index is 0.174. The van der Waals surface area contributed by atoms with Crippen molar-refractivity contribution in [3.63, 3.8) is 0 Å². The molecule has 1 aliphatic rings. The molecule has 2 rings (SSSR count). The molecule has 4 heteroatoms. The summed E-state index contributed by atoms with van der Waals surface area (Å²) >= 11 is 0. The van der Waals surface area contributed by atoms with Crippen molar-refractivity contribution in [2.24, 2.45) is 0 Å². The second-order valence-corrected chi connectivity index (χ2v) is 5.52. The first-order chi connectivity index (χ1) is 9.72. The van der Waals surface area contributed by atoms with E-state index < -0.39 is 6.04 Å². The molecule has 0 N–H and O–H groups in total. The summed E-state index contributed by atoms with van der Waals surface area (Å²) in [6.45, 7) is 2.18. The van der Waals surface area contributed by atoms with Crippen LogP contribution in [0.2, 0.25) is 0 Å². The lowest BCUT2D eigenvalue weighted by molar-refractivity contribution is -0.534. The van der Waals surface area contributed by atoms with E-state index in [9.17, 15) is 10.1 Å². The Morgan fingerprint density at radius 2 is 2.00 bits per heavy atom. The number of rotatable bonds is 7. The molecule has 2 atom stereocenters. The highest BCUT2D eigenvalue weighted by atomic mass is 16.6. The first kappa shape index (κ1) is 14.8. The monoisotopic (exact) mass is 277 g/mol. The van der Waals surface area contributed by atoms with Crippen molar-refractivity contribution in [3.05, 3.63) is 39.9 Å². The summed E-state index contributed by atoms with van der Waals surface area (Å²) in [4.78, 5) is 11.1. The molecule has 0 fully saturated rings. The summed E-state index contributed by atoms with van der Waals surface area (Å²) in [5.41, 5.74) is 0.955. The van der Waals surface area contributed by atoms with Gasteiger partial charge in [0.1, 0.15) is 5.75 Å². The number of hydrogen-bond acceptors (Lipinski definition) is 3. The number of unbranched alkanes of at least 4 members (excludes halogenated alkanes) is 4. The highest BCUT2D eigenvalue weighted by Gasteiger charge is 2.37. The summed E-state index contributed by atoms with van der Waals surface area (Å²) < 4.78 is 5.87. The Balaban J connectivity index is 1.94. The molecule has 0 aliphatic carbocycles. The molecule has 0 amide bonds. The summed E-state index contributed by atoms with van der Waals surface area (Å²) in [6.07, 6.45) is 6.81. The maximum atomic E-state index is 11.2. The molecule has 0 unspecified atom stereocenters. The molecular weight excluding hydrogens is 254 g/mol. The average molecular weight is 277 g/mol. The molecular formula is C16H23NO3. The van der Waals surface area contributed by atoms with Gasteiger partial charge in [0.15, 0.2) is 6.10 Å². The van der Waals surface area contributed by atoms with Gasteiger partial charge in [-0.15, -0.1) is 0 Å². The normalized spacial score (nSPS) is 21.1. The van der Waals surface area contributed by atoms with E-state index in [2.05, 4.69) is 6.92 Å². The fourth-order valence-corrected chi connectivity index (χ4v) is 2.80. The van der Waals surface area contributed by atoms with Crippen LogP contribution >= 0.6 is 0 Å². The van der Waals surface area contributed by atoms with Gasteiger partial charge in [0.25, 0.3) is 6.04 Å². The second kappa shape index (κ2) is 7.27. The van der Waals surface area contributed by atoms with Gasteiger partial charge in [0.2, 0.25) is 0 Å². The molecule has 1 aromatic carbocycles. The first-order valence-electron chi connectivity index (χ1n) is 7.60. The van der Waals surface area contributed by atoms with E-state index in [1.807, 2.05) is 24.3 Å². The Morgan fingerprint density at radius 3 is 2.75 bits per heavy atom. The second-order valence-electron chi connectivity index (χ2n) is 5.52. The summed E-state index contributed by atoms with van der Waals surface area (Å²) in [5.74, 6) is 0.823. The standard InChI is InChI=1S/C16H23NO3/c1-2-3-4-5-6-11-16-14(17(18)19)12-13-9-7-8-10-15(13)20-16/h7-10,14,16H,2-6,11-12H2,1H3/t14-,16-/m0/s1. The van der Waals surface area contributed by atoms with Crippen molar-refractivity contribution in [2.75, 3.05) is 0 Å². The summed E-state index contributed by atoms with van der Waals surface area (Å²) in [7, 11) is 0. The third-order valence-corrected chi connectivity index (χ3v) is 3.97. The van der Waals surface area contributed by atoms with Crippen LogP contribution in [0, 0.1) is 10.1 Å². The SMILES string of the molecule is CCCCCCC[C@@H]1Oc2ccccc2C[C@@H]1[N+](=O)[O-]. The smallest absolute Gasteiger partial charge is 0.253 e. The molecule has 20 heavy (non-hydrogen) atoms. The molecule has 0 saturated carbocycles. The Labute approximate surface area is 120 Å². The predicted octanol–water partition coefficient (Wildman–Crippen LogP) is 4.00. The van der Waals surface area contributed by atoms with Gasteiger partial charge in [0.05, 0.1) is 0 Å². The van der Waals surface area contributed by atoms with Crippen molar-refractivity contribution < 1.29 is 9.66 Å². The van der Waals surface area contributed by atoms with Crippen molar-refractivity contribution >= 4 is 0 Å². The van der Waals surface area contributed by atoms with Crippen LogP contribution in [0.4, 0.5) is 0 Å². The summed E-state index contributed by atoms with van der Waals surface area (Å²) in [6, 6.07) is 7.06. The predicted molar refractivity (Wildman–Crippen MR) is 78.7 cm³/mol. The molecule has 0 aromatic heterocycles. The Bertz CT molecular complexity index is 447. The van der Waals surface area contributed by atoms with Crippen LogP contribution in [-0.4, -0.2) is 17.1 Å². The van der Waals surface area contributed by atoms with Crippen LogP contribution in [0.1, 0.15) is 51.0 Å². The number of benzene rings is 1. The van der Waals surface area contributed by atoms with Gasteiger partial charge < -0.3 is 4.74 Å². The molecule has 1 aromatic rings. The number of hydrogen-bond donors (Lipinski definition) is 0. The van der Waals surface area contributed by atoms with Crippen molar-refractivity contribution in [3.8, 4) is 5.75 Å². The van der Waals surface area contributed by atoms with Crippen LogP contribution < -0.4 is 4.74 Å². The van der Waals surface area contributed by atoms with Gasteiger partial charge in [-0.05, 0) is 18.9 Å².